The molecule has 0 bridgehead atoms. The van der Waals surface area contributed by atoms with Crippen LogP contribution in [0, 0.1) is 18.8 Å². The lowest BCUT2D eigenvalue weighted by Gasteiger charge is -2.34. The Kier molecular flexibility index (Phi) is 5.47. The minimum Gasteiger partial charge on any atom is -0.496 e. The van der Waals surface area contributed by atoms with Crippen LogP contribution in [0.25, 0.3) is 0 Å². The fourth-order valence-corrected chi connectivity index (χ4v) is 3.63. The number of methoxy groups -OCH3 is 1. The van der Waals surface area contributed by atoms with Gasteiger partial charge in [0.25, 0.3) is 0 Å². The first-order valence-electron chi connectivity index (χ1n) is 8.01. The summed E-state index contributed by atoms with van der Waals surface area (Å²) in [7, 11) is 3.84. The van der Waals surface area contributed by atoms with E-state index in [0.717, 1.165) is 17.6 Å². The number of benzene rings is 1. The van der Waals surface area contributed by atoms with Gasteiger partial charge in [-0.3, -0.25) is 0 Å². The van der Waals surface area contributed by atoms with Crippen molar-refractivity contribution in [1.29, 1.82) is 0 Å². The molecule has 1 aromatic carbocycles. The van der Waals surface area contributed by atoms with Crippen LogP contribution in [0.4, 0.5) is 0 Å². The molecular formula is C18H29NO. The highest BCUT2D eigenvalue weighted by Crippen LogP contribution is 2.38. The van der Waals surface area contributed by atoms with E-state index in [-0.39, 0.29) is 0 Å². The van der Waals surface area contributed by atoms with Gasteiger partial charge in [-0.25, -0.2) is 0 Å². The highest BCUT2D eigenvalue weighted by Gasteiger charge is 2.27. The molecule has 1 atom stereocenters. The van der Waals surface area contributed by atoms with Crippen LogP contribution in [-0.4, -0.2) is 14.2 Å². The second-order valence-corrected chi connectivity index (χ2v) is 6.18. The number of rotatable bonds is 5. The summed E-state index contributed by atoms with van der Waals surface area (Å²) in [4.78, 5) is 0. The number of ether oxygens (including phenoxy) is 1. The SMILES string of the molecule is CCC1CCC(C(NC)c2ccc(C)c(OC)c2)CC1. The summed E-state index contributed by atoms with van der Waals surface area (Å²) < 4.78 is 5.47. The molecule has 1 saturated carbocycles. The van der Waals surface area contributed by atoms with E-state index in [9.17, 15) is 0 Å². The lowest BCUT2D eigenvalue weighted by Crippen LogP contribution is -2.28. The largest absolute Gasteiger partial charge is 0.496 e. The molecule has 1 aliphatic carbocycles. The van der Waals surface area contributed by atoms with Gasteiger partial charge >= 0.3 is 0 Å². The van der Waals surface area contributed by atoms with Crippen molar-refractivity contribution in [2.75, 3.05) is 14.2 Å². The van der Waals surface area contributed by atoms with Crippen LogP contribution in [0.3, 0.4) is 0 Å². The summed E-state index contributed by atoms with van der Waals surface area (Å²) in [5.74, 6) is 2.72. The van der Waals surface area contributed by atoms with Crippen molar-refractivity contribution in [2.45, 2.75) is 52.0 Å². The van der Waals surface area contributed by atoms with Gasteiger partial charge in [0, 0.05) is 6.04 Å². The van der Waals surface area contributed by atoms with Crippen LogP contribution in [0.15, 0.2) is 18.2 Å². The van der Waals surface area contributed by atoms with Gasteiger partial charge in [-0.15, -0.1) is 0 Å². The van der Waals surface area contributed by atoms with Gasteiger partial charge in [-0.05, 0) is 55.8 Å². The molecule has 0 heterocycles. The number of hydrogen-bond donors (Lipinski definition) is 1. The fraction of sp³-hybridized carbons (Fsp3) is 0.667. The molecule has 2 nitrogen and oxygen atoms in total. The van der Waals surface area contributed by atoms with Gasteiger partial charge in [0.2, 0.25) is 0 Å². The average molecular weight is 275 g/mol. The predicted octanol–water partition coefficient (Wildman–Crippen LogP) is 4.48. The van der Waals surface area contributed by atoms with E-state index < -0.39 is 0 Å². The van der Waals surface area contributed by atoms with E-state index >= 15 is 0 Å². The highest BCUT2D eigenvalue weighted by atomic mass is 16.5. The molecular weight excluding hydrogens is 246 g/mol. The minimum atomic E-state index is 0.460. The first kappa shape index (κ1) is 15.4. The van der Waals surface area contributed by atoms with Crippen LogP contribution >= 0.6 is 0 Å². The van der Waals surface area contributed by atoms with Crippen LogP contribution in [0.5, 0.6) is 5.75 Å². The molecule has 20 heavy (non-hydrogen) atoms. The third kappa shape index (κ3) is 3.35. The monoisotopic (exact) mass is 275 g/mol. The first-order valence-corrected chi connectivity index (χ1v) is 8.01. The van der Waals surface area contributed by atoms with Crippen molar-refractivity contribution in [2.24, 2.45) is 11.8 Å². The van der Waals surface area contributed by atoms with Gasteiger partial charge in [0.15, 0.2) is 0 Å². The molecule has 112 valence electrons. The van der Waals surface area contributed by atoms with Crippen LogP contribution in [-0.2, 0) is 0 Å². The molecule has 2 rings (SSSR count). The van der Waals surface area contributed by atoms with Crippen molar-refractivity contribution >= 4 is 0 Å². The Bertz CT molecular complexity index is 421. The summed E-state index contributed by atoms with van der Waals surface area (Å²) in [6.45, 7) is 4.43. The Balaban J connectivity index is 2.12. The van der Waals surface area contributed by atoms with Crippen LogP contribution in [0.1, 0.15) is 56.2 Å². The van der Waals surface area contributed by atoms with Crippen LogP contribution < -0.4 is 10.1 Å². The van der Waals surface area contributed by atoms with Gasteiger partial charge in [-0.2, -0.15) is 0 Å². The zero-order chi connectivity index (χ0) is 14.5. The van der Waals surface area contributed by atoms with Crippen molar-refractivity contribution in [3.05, 3.63) is 29.3 Å². The Labute approximate surface area is 123 Å². The summed E-state index contributed by atoms with van der Waals surface area (Å²) in [5, 5.41) is 3.54. The maximum atomic E-state index is 5.47. The highest BCUT2D eigenvalue weighted by molar-refractivity contribution is 5.38. The summed E-state index contributed by atoms with van der Waals surface area (Å²) in [6.07, 6.45) is 6.82. The Morgan fingerprint density at radius 1 is 1.25 bits per heavy atom. The van der Waals surface area contributed by atoms with E-state index in [1.54, 1.807) is 7.11 Å². The van der Waals surface area contributed by atoms with Crippen molar-refractivity contribution in [3.8, 4) is 5.75 Å². The van der Waals surface area contributed by atoms with E-state index in [1.807, 2.05) is 0 Å². The van der Waals surface area contributed by atoms with Crippen molar-refractivity contribution in [3.63, 3.8) is 0 Å². The molecule has 0 aliphatic heterocycles. The minimum absolute atomic E-state index is 0.460. The Hall–Kier alpha value is -1.02. The second-order valence-electron chi connectivity index (χ2n) is 6.18. The van der Waals surface area contributed by atoms with E-state index in [2.05, 4.69) is 44.4 Å². The molecule has 0 spiro atoms. The molecule has 1 unspecified atom stereocenters. The summed E-state index contributed by atoms with van der Waals surface area (Å²) >= 11 is 0. The quantitative estimate of drug-likeness (QED) is 0.855. The van der Waals surface area contributed by atoms with Gasteiger partial charge in [0.05, 0.1) is 7.11 Å². The second kappa shape index (κ2) is 7.12. The molecule has 2 heteroatoms. The maximum Gasteiger partial charge on any atom is 0.122 e. The lowest BCUT2D eigenvalue weighted by molar-refractivity contribution is 0.224. The molecule has 1 aromatic rings. The molecule has 0 amide bonds. The molecule has 0 radical (unpaired) electrons. The van der Waals surface area contributed by atoms with E-state index in [4.69, 9.17) is 4.74 Å². The number of hydrogen-bond acceptors (Lipinski definition) is 2. The topological polar surface area (TPSA) is 21.3 Å². The molecule has 0 aromatic heterocycles. The zero-order valence-corrected chi connectivity index (χ0v) is 13.4. The average Bonchev–Trinajstić information content (AvgIpc) is 2.50. The third-order valence-corrected chi connectivity index (χ3v) is 5.04. The van der Waals surface area contributed by atoms with Gasteiger partial charge < -0.3 is 10.1 Å². The van der Waals surface area contributed by atoms with E-state index in [1.165, 1.54) is 43.2 Å². The Morgan fingerprint density at radius 3 is 2.50 bits per heavy atom. The molecule has 1 aliphatic rings. The fourth-order valence-electron chi connectivity index (χ4n) is 3.63. The van der Waals surface area contributed by atoms with Crippen LogP contribution in [0.2, 0.25) is 0 Å². The molecule has 0 saturated heterocycles. The maximum absolute atomic E-state index is 5.47. The Morgan fingerprint density at radius 2 is 1.95 bits per heavy atom. The first-order chi connectivity index (χ1) is 9.69. The summed E-state index contributed by atoms with van der Waals surface area (Å²) in [6, 6.07) is 7.10. The van der Waals surface area contributed by atoms with Gasteiger partial charge in [-0.1, -0.05) is 38.3 Å². The normalized spacial score (nSPS) is 24.4. The van der Waals surface area contributed by atoms with Gasteiger partial charge in [0.1, 0.15) is 5.75 Å². The smallest absolute Gasteiger partial charge is 0.122 e. The molecule has 1 fully saturated rings. The molecule has 1 N–H and O–H groups in total. The third-order valence-electron chi connectivity index (χ3n) is 5.04. The predicted molar refractivity (Wildman–Crippen MR) is 85.3 cm³/mol. The van der Waals surface area contributed by atoms with E-state index in [0.29, 0.717) is 6.04 Å². The number of aryl methyl sites for hydroxylation is 1. The lowest BCUT2D eigenvalue weighted by atomic mass is 9.76. The zero-order valence-electron chi connectivity index (χ0n) is 13.4. The summed E-state index contributed by atoms with van der Waals surface area (Å²) in [5.41, 5.74) is 2.58. The van der Waals surface area contributed by atoms with Crippen molar-refractivity contribution in [1.82, 2.24) is 5.32 Å². The van der Waals surface area contributed by atoms with Crippen molar-refractivity contribution < 1.29 is 4.74 Å². The standard InChI is InChI=1S/C18H29NO/c1-5-14-7-10-15(11-8-14)18(19-3)16-9-6-13(2)17(12-16)20-4/h6,9,12,14-15,18-19H,5,7-8,10-11H2,1-4H3. The number of nitrogens with one attached hydrogen (secondary N) is 1.